The van der Waals surface area contributed by atoms with Crippen molar-refractivity contribution in [2.24, 2.45) is 4.99 Å². The minimum absolute atomic E-state index is 0.242. The molecule has 1 aromatic heterocycles. The predicted molar refractivity (Wildman–Crippen MR) is 187 cm³/mol. The van der Waals surface area contributed by atoms with Crippen molar-refractivity contribution >= 4 is 39.8 Å². The molecule has 1 aliphatic rings. The summed E-state index contributed by atoms with van der Waals surface area (Å²) in [6, 6.07) is 38.0. The van der Waals surface area contributed by atoms with Crippen LogP contribution in [0.1, 0.15) is 29.7 Å². The average molecular weight is 638 g/mol. The summed E-state index contributed by atoms with van der Waals surface area (Å²) in [7, 11) is 1.60. The molecule has 8 heteroatoms. The third-order valence-electron chi connectivity index (χ3n) is 8.17. The number of anilines is 1. The molecule has 47 heavy (non-hydrogen) atoms. The van der Waals surface area contributed by atoms with Crippen molar-refractivity contribution in [1.29, 1.82) is 0 Å². The van der Waals surface area contributed by atoms with Crippen molar-refractivity contribution < 1.29 is 14.3 Å². The number of para-hydroxylation sites is 1. The maximum Gasteiger partial charge on any atom is 0.271 e. The van der Waals surface area contributed by atoms with Crippen molar-refractivity contribution in [3.8, 4) is 11.5 Å². The van der Waals surface area contributed by atoms with Crippen molar-refractivity contribution in [2.45, 2.75) is 19.6 Å². The molecule has 2 heterocycles. The van der Waals surface area contributed by atoms with Gasteiger partial charge in [0.2, 0.25) is 0 Å². The molecule has 0 unspecified atom stereocenters. The van der Waals surface area contributed by atoms with E-state index in [1.54, 1.807) is 11.7 Å². The van der Waals surface area contributed by atoms with Gasteiger partial charge in [0.05, 0.1) is 29.0 Å². The van der Waals surface area contributed by atoms with Gasteiger partial charge < -0.3 is 14.8 Å². The fourth-order valence-corrected chi connectivity index (χ4v) is 6.88. The second-order valence-corrected chi connectivity index (χ2v) is 12.2. The number of nitrogens with one attached hydrogen (secondary N) is 1. The van der Waals surface area contributed by atoms with Gasteiger partial charge in [0.1, 0.15) is 18.1 Å². The Balaban J connectivity index is 1.38. The number of carbonyl (C=O) groups is 1. The largest absolute Gasteiger partial charge is 0.497 e. The number of benzene rings is 5. The van der Waals surface area contributed by atoms with E-state index >= 15 is 0 Å². The zero-order chi connectivity index (χ0) is 32.3. The fourth-order valence-electron chi connectivity index (χ4n) is 5.85. The number of nitrogens with zero attached hydrogens (tertiary/aromatic N) is 2. The van der Waals surface area contributed by atoms with Crippen LogP contribution in [0, 0.1) is 0 Å². The molecular formula is C39H31N3O4S. The summed E-state index contributed by atoms with van der Waals surface area (Å²) in [5, 5.41) is 5.00. The first-order valence-corrected chi connectivity index (χ1v) is 16.0. The quantitative estimate of drug-likeness (QED) is 0.204. The first-order chi connectivity index (χ1) is 23.0. The lowest BCUT2D eigenvalue weighted by Gasteiger charge is -2.25. The standard InChI is InChI=1S/C39H31N3O4S/c1-25-35(37(43)41-29-14-7-4-8-15-29)36(28-17-20-30(45-2)21-18-28)42-38(44)34(47-39(42)40-25)23-32-31-16-10-9-13-27(31)19-22-33(32)46-24-26-11-5-3-6-12-26/h3-23,36H,24H2,1-2H3,(H,41,43)/b34-23+/t36-/m1/s1. The number of hydrogen-bond acceptors (Lipinski definition) is 6. The lowest BCUT2D eigenvalue weighted by Crippen LogP contribution is -2.40. The van der Waals surface area contributed by atoms with Crippen molar-refractivity contribution in [3.63, 3.8) is 0 Å². The van der Waals surface area contributed by atoms with E-state index in [1.165, 1.54) is 11.3 Å². The van der Waals surface area contributed by atoms with Crippen LogP contribution in [0.5, 0.6) is 11.5 Å². The number of amides is 1. The first-order valence-electron chi connectivity index (χ1n) is 15.2. The summed E-state index contributed by atoms with van der Waals surface area (Å²) in [6.45, 7) is 2.20. The van der Waals surface area contributed by atoms with Crippen LogP contribution in [0.15, 0.2) is 142 Å². The summed E-state index contributed by atoms with van der Waals surface area (Å²) in [4.78, 5) is 33.7. The Morgan fingerprint density at radius 3 is 2.34 bits per heavy atom. The Morgan fingerprint density at radius 1 is 0.894 bits per heavy atom. The maximum absolute atomic E-state index is 14.4. The van der Waals surface area contributed by atoms with Gasteiger partial charge in [0.25, 0.3) is 11.5 Å². The van der Waals surface area contributed by atoms with E-state index in [4.69, 9.17) is 14.5 Å². The number of allylic oxidation sites excluding steroid dienone is 1. The van der Waals surface area contributed by atoms with E-state index in [-0.39, 0.29) is 11.5 Å². The van der Waals surface area contributed by atoms with E-state index in [9.17, 15) is 9.59 Å². The average Bonchev–Trinajstić information content (AvgIpc) is 3.41. The minimum atomic E-state index is -0.704. The molecule has 0 saturated heterocycles. The van der Waals surface area contributed by atoms with Crippen LogP contribution in [0.4, 0.5) is 5.69 Å². The van der Waals surface area contributed by atoms with Crippen LogP contribution in [-0.2, 0) is 11.4 Å². The molecule has 0 saturated carbocycles. The van der Waals surface area contributed by atoms with E-state index < -0.39 is 6.04 Å². The Hall–Kier alpha value is -5.73. The molecule has 7 rings (SSSR count). The monoisotopic (exact) mass is 637 g/mol. The van der Waals surface area contributed by atoms with Gasteiger partial charge in [-0.05, 0) is 65.2 Å². The third-order valence-corrected chi connectivity index (χ3v) is 9.16. The molecule has 6 aromatic rings. The first kappa shape index (κ1) is 30.0. The Kier molecular flexibility index (Phi) is 8.25. The topological polar surface area (TPSA) is 81.9 Å². The summed E-state index contributed by atoms with van der Waals surface area (Å²) in [5.74, 6) is 1.03. The molecular weight excluding hydrogens is 607 g/mol. The molecule has 0 radical (unpaired) electrons. The third kappa shape index (κ3) is 5.98. The number of thiazole rings is 1. The SMILES string of the molecule is COc1ccc([C@@H]2C(C(=O)Nc3ccccc3)=C(C)N=c3s/c(=C/c4c(OCc5ccccc5)ccc5ccccc45)c(=O)n32)cc1. The smallest absolute Gasteiger partial charge is 0.271 e. The molecule has 0 fully saturated rings. The number of rotatable bonds is 8. The van der Waals surface area contributed by atoms with Crippen molar-refractivity contribution in [3.05, 3.63) is 169 Å². The fraction of sp³-hybridized carbons (Fsp3) is 0.103. The Labute approximate surface area is 275 Å². The number of carbonyl (C=O) groups excluding carboxylic acids is 1. The van der Waals surface area contributed by atoms with Gasteiger partial charge in [-0.3, -0.25) is 14.2 Å². The van der Waals surface area contributed by atoms with Crippen LogP contribution in [0.3, 0.4) is 0 Å². The Morgan fingerprint density at radius 2 is 1.60 bits per heavy atom. The minimum Gasteiger partial charge on any atom is -0.497 e. The Bertz CT molecular complexity index is 2310. The molecule has 0 bridgehead atoms. The normalized spacial score (nSPS) is 14.4. The van der Waals surface area contributed by atoms with Crippen molar-refractivity contribution in [2.75, 3.05) is 12.4 Å². The van der Waals surface area contributed by atoms with Crippen LogP contribution in [0.2, 0.25) is 0 Å². The zero-order valence-corrected chi connectivity index (χ0v) is 26.7. The van der Waals surface area contributed by atoms with Crippen LogP contribution in [-0.4, -0.2) is 17.6 Å². The summed E-state index contributed by atoms with van der Waals surface area (Å²) < 4.78 is 13.9. The molecule has 1 aliphatic heterocycles. The van der Waals surface area contributed by atoms with Gasteiger partial charge >= 0.3 is 0 Å². The van der Waals surface area contributed by atoms with Gasteiger partial charge in [-0.15, -0.1) is 0 Å². The summed E-state index contributed by atoms with van der Waals surface area (Å²) >= 11 is 1.30. The number of methoxy groups -OCH3 is 1. The van der Waals surface area contributed by atoms with E-state index in [0.717, 1.165) is 27.5 Å². The van der Waals surface area contributed by atoms with Gasteiger partial charge in [-0.2, -0.15) is 0 Å². The highest BCUT2D eigenvalue weighted by Crippen LogP contribution is 2.33. The zero-order valence-electron chi connectivity index (χ0n) is 25.8. The van der Waals surface area contributed by atoms with Gasteiger partial charge in [-0.1, -0.05) is 102 Å². The molecule has 0 spiro atoms. The molecule has 1 N–H and O–H groups in total. The molecule has 0 aliphatic carbocycles. The molecule has 1 amide bonds. The lowest BCUT2D eigenvalue weighted by atomic mass is 9.95. The van der Waals surface area contributed by atoms with Crippen LogP contribution in [0.25, 0.3) is 16.8 Å². The predicted octanol–water partition coefficient (Wildman–Crippen LogP) is 6.61. The van der Waals surface area contributed by atoms with Gasteiger partial charge in [0.15, 0.2) is 4.80 Å². The highest BCUT2D eigenvalue weighted by molar-refractivity contribution is 7.07. The summed E-state index contributed by atoms with van der Waals surface area (Å²) in [5.41, 5.74) is 3.98. The van der Waals surface area contributed by atoms with Crippen LogP contribution >= 0.6 is 11.3 Å². The number of fused-ring (bicyclic) bond motifs is 2. The molecule has 5 aromatic carbocycles. The van der Waals surface area contributed by atoms with Crippen LogP contribution < -0.4 is 29.7 Å². The van der Waals surface area contributed by atoms with Gasteiger partial charge in [0, 0.05) is 11.3 Å². The van der Waals surface area contributed by atoms with Crippen molar-refractivity contribution in [1.82, 2.24) is 4.57 Å². The van der Waals surface area contributed by atoms with E-state index in [0.29, 0.717) is 44.4 Å². The number of aromatic nitrogens is 1. The van der Waals surface area contributed by atoms with E-state index in [1.807, 2.05) is 134 Å². The lowest BCUT2D eigenvalue weighted by molar-refractivity contribution is -0.113. The highest BCUT2D eigenvalue weighted by atomic mass is 32.1. The van der Waals surface area contributed by atoms with E-state index in [2.05, 4.69) is 5.32 Å². The van der Waals surface area contributed by atoms with Gasteiger partial charge in [-0.25, -0.2) is 4.99 Å². The number of hydrogen-bond donors (Lipinski definition) is 1. The molecule has 1 atom stereocenters. The second kappa shape index (κ2) is 12.9. The maximum atomic E-state index is 14.4. The molecule has 232 valence electrons. The summed E-state index contributed by atoms with van der Waals surface area (Å²) in [6.07, 6.45) is 1.89. The number of ether oxygens (including phenoxy) is 2. The molecule has 7 nitrogen and oxygen atoms in total. The second-order valence-electron chi connectivity index (χ2n) is 11.1. The highest BCUT2D eigenvalue weighted by Gasteiger charge is 2.32.